The highest BCUT2D eigenvalue weighted by molar-refractivity contribution is 5.95. The lowest BCUT2D eigenvalue weighted by atomic mass is 9.71. The van der Waals surface area contributed by atoms with Crippen molar-refractivity contribution in [1.82, 2.24) is 20.4 Å². The number of nitrogens with zero attached hydrogens (tertiary/aromatic N) is 3. The topological polar surface area (TPSA) is 88.3 Å². The first-order valence-electron chi connectivity index (χ1n) is 13.5. The lowest BCUT2D eigenvalue weighted by Gasteiger charge is -2.42. The summed E-state index contributed by atoms with van der Waals surface area (Å²) in [6, 6.07) is 17.5. The summed E-state index contributed by atoms with van der Waals surface area (Å²) in [6.07, 6.45) is 7.38. The molecule has 5 rings (SSSR count). The van der Waals surface area contributed by atoms with E-state index in [0.717, 1.165) is 11.1 Å². The largest absolute Gasteiger partial charge is 0.353 e. The average Bonchev–Trinajstić information content (AvgIpc) is 3.40. The van der Waals surface area contributed by atoms with Gasteiger partial charge in [-0.1, -0.05) is 54.8 Å². The number of hydrogen-bond acceptors (Lipinski definition) is 5. The normalized spacial score (nSPS) is 18.8. The first-order valence-corrected chi connectivity index (χ1v) is 13.5. The molecule has 2 heterocycles. The van der Waals surface area contributed by atoms with Crippen LogP contribution in [0.1, 0.15) is 73.6 Å². The van der Waals surface area contributed by atoms with Crippen LogP contribution in [0.2, 0.25) is 0 Å². The van der Waals surface area contributed by atoms with Crippen LogP contribution in [0.25, 0.3) is 11.5 Å². The molecule has 1 N–H and O–H groups in total. The molecule has 0 radical (unpaired) electrons. The van der Waals surface area contributed by atoms with Gasteiger partial charge in [0.1, 0.15) is 0 Å². The van der Waals surface area contributed by atoms with Gasteiger partial charge in [-0.15, -0.1) is 0 Å². The zero-order valence-corrected chi connectivity index (χ0v) is 21.8. The maximum atomic E-state index is 13.9. The van der Waals surface area contributed by atoms with Gasteiger partial charge in [0.2, 0.25) is 5.91 Å². The number of hydrogen-bond donors (Lipinski definition) is 1. The number of likely N-dealkylation sites (tertiary alicyclic amines) is 1. The molecule has 194 valence electrons. The highest BCUT2D eigenvalue weighted by atomic mass is 16.5. The fraction of sp³-hybridized carbons (Fsp3) is 0.467. The van der Waals surface area contributed by atoms with Gasteiger partial charge in [-0.3, -0.25) is 9.59 Å². The van der Waals surface area contributed by atoms with E-state index in [-0.39, 0.29) is 17.9 Å². The van der Waals surface area contributed by atoms with Gasteiger partial charge in [0.15, 0.2) is 5.82 Å². The van der Waals surface area contributed by atoms with Gasteiger partial charge in [-0.2, -0.15) is 4.98 Å². The standard InChI is InChI=1S/C30H36N4O3/c1-21(23-9-5-3-6-10-23)31-29(36)30(26-11-7-4-8-12-26)17-19-34(20-18-30)28(35)25-15-13-24(14-16-25)27-32-22(2)33-37-27/h4,7-8,11-16,21,23H,3,5-6,9-10,17-20H2,1-2H3,(H,31,36)/t21-/m0/s1. The number of aryl methyl sites for hydroxylation is 1. The Hall–Kier alpha value is -3.48. The molecular weight excluding hydrogens is 464 g/mol. The molecule has 0 spiro atoms. The average molecular weight is 501 g/mol. The number of carbonyl (C=O) groups is 2. The number of piperidine rings is 1. The van der Waals surface area contributed by atoms with E-state index in [2.05, 4.69) is 34.5 Å². The molecule has 7 nitrogen and oxygen atoms in total. The third-order valence-corrected chi connectivity index (χ3v) is 8.29. The zero-order valence-electron chi connectivity index (χ0n) is 21.8. The Balaban J connectivity index is 1.29. The van der Waals surface area contributed by atoms with Crippen molar-refractivity contribution in [2.45, 2.75) is 70.3 Å². The molecule has 1 aromatic heterocycles. The molecule has 1 aliphatic carbocycles. The van der Waals surface area contributed by atoms with E-state index in [1.54, 1.807) is 19.1 Å². The predicted molar refractivity (Wildman–Crippen MR) is 142 cm³/mol. The lowest BCUT2D eigenvalue weighted by molar-refractivity contribution is -0.129. The summed E-state index contributed by atoms with van der Waals surface area (Å²) in [5.41, 5.74) is 1.81. The van der Waals surface area contributed by atoms with E-state index in [4.69, 9.17) is 4.52 Å². The van der Waals surface area contributed by atoms with Crippen molar-refractivity contribution in [2.75, 3.05) is 13.1 Å². The minimum atomic E-state index is -0.624. The van der Waals surface area contributed by atoms with Crippen LogP contribution in [0.4, 0.5) is 0 Å². The molecule has 1 atom stereocenters. The van der Waals surface area contributed by atoms with Crippen molar-refractivity contribution in [1.29, 1.82) is 0 Å². The predicted octanol–water partition coefficient (Wildman–Crippen LogP) is 5.30. The number of rotatable bonds is 6. The van der Waals surface area contributed by atoms with Crippen LogP contribution in [0.15, 0.2) is 59.1 Å². The minimum absolute atomic E-state index is 0.0223. The summed E-state index contributed by atoms with van der Waals surface area (Å²) in [5.74, 6) is 1.64. The molecule has 1 saturated carbocycles. The summed E-state index contributed by atoms with van der Waals surface area (Å²) in [4.78, 5) is 33.3. The van der Waals surface area contributed by atoms with E-state index in [9.17, 15) is 9.59 Å². The van der Waals surface area contributed by atoms with Crippen LogP contribution in [0.3, 0.4) is 0 Å². The van der Waals surface area contributed by atoms with Gasteiger partial charge in [0, 0.05) is 30.3 Å². The summed E-state index contributed by atoms with van der Waals surface area (Å²) < 4.78 is 5.23. The third-order valence-electron chi connectivity index (χ3n) is 8.29. The molecule has 0 bridgehead atoms. The van der Waals surface area contributed by atoms with Crippen LogP contribution in [-0.4, -0.2) is 46.0 Å². The molecule has 2 fully saturated rings. The molecule has 2 amide bonds. The molecule has 7 heteroatoms. The summed E-state index contributed by atoms with van der Waals surface area (Å²) in [5, 5.41) is 7.22. The van der Waals surface area contributed by atoms with E-state index in [1.165, 1.54) is 32.1 Å². The van der Waals surface area contributed by atoms with Crippen LogP contribution >= 0.6 is 0 Å². The molecule has 2 aliphatic rings. The second kappa shape index (κ2) is 10.9. The van der Waals surface area contributed by atoms with Gasteiger partial charge in [0.25, 0.3) is 11.8 Å². The van der Waals surface area contributed by atoms with Crippen LogP contribution in [0, 0.1) is 12.8 Å². The lowest BCUT2D eigenvalue weighted by Crippen LogP contribution is -2.55. The maximum absolute atomic E-state index is 13.9. The van der Waals surface area contributed by atoms with Crippen molar-refractivity contribution in [3.8, 4) is 11.5 Å². The fourth-order valence-electron chi connectivity index (χ4n) is 5.94. The Labute approximate surface area is 218 Å². The summed E-state index contributed by atoms with van der Waals surface area (Å²) in [6.45, 7) is 4.99. The Bertz CT molecular complexity index is 1210. The van der Waals surface area contributed by atoms with Crippen molar-refractivity contribution in [3.05, 3.63) is 71.5 Å². The number of carbonyl (C=O) groups excluding carboxylic acids is 2. The molecule has 3 aromatic rings. The second-order valence-corrected chi connectivity index (χ2v) is 10.6. The molecule has 1 aliphatic heterocycles. The van der Waals surface area contributed by atoms with Crippen molar-refractivity contribution < 1.29 is 14.1 Å². The maximum Gasteiger partial charge on any atom is 0.257 e. The van der Waals surface area contributed by atoms with Crippen LogP contribution in [-0.2, 0) is 10.2 Å². The van der Waals surface area contributed by atoms with Gasteiger partial charge in [-0.25, -0.2) is 0 Å². The molecule has 2 aromatic carbocycles. The third kappa shape index (κ3) is 5.31. The van der Waals surface area contributed by atoms with Crippen molar-refractivity contribution in [2.24, 2.45) is 5.92 Å². The highest BCUT2D eigenvalue weighted by Crippen LogP contribution is 2.37. The number of amides is 2. The quantitative estimate of drug-likeness (QED) is 0.496. The first kappa shape index (κ1) is 25.2. The van der Waals surface area contributed by atoms with Crippen molar-refractivity contribution in [3.63, 3.8) is 0 Å². The van der Waals surface area contributed by atoms with Crippen molar-refractivity contribution >= 4 is 11.8 Å². The number of nitrogens with one attached hydrogen (secondary N) is 1. The molecule has 1 saturated heterocycles. The van der Waals surface area contributed by atoms with E-state index < -0.39 is 5.41 Å². The van der Waals surface area contributed by atoms with Crippen LogP contribution in [0.5, 0.6) is 0 Å². The van der Waals surface area contributed by atoms with Gasteiger partial charge in [0.05, 0.1) is 5.41 Å². The minimum Gasteiger partial charge on any atom is -0.353 e. The van der Waals surface area contributed by atoms with E-state index in [0.29, 0.717) is 49.1 Å². The summed E-state index contributed by atoms with van der Waals surface area (Å²) in [7, 11) is 0. The van der Waals surface area contributed by atoms with Gasteiger partial charge < -0.3 is 14.7 Å². The van der Waals surface area contributed by atoms with Gasteiger partial charge >= 0.3 is 0 Å². The Morgan fingerprint density at radius 2 is 1.68 bits per heavy atom. The van der Waals surface area contributed by atoms with E-state index >= 15 is 0 Å². The first-order chi connectivity index (χ1) is 18.0. The van der Waals surface area contributed by atoms with Crippen LogP contribution < -0.4 is 5.32 Å². The SMILES string of the molecule is Cc1noc(-c2ccc(C(=O)N3CCC(C(=O)N[C@@H](C)C4CCCCC4)(c4ccccc4)CC3)cc2)n1. The van der Waals surface area contributed by atoms with Gasteiger partial charge in [-0.05, 0) is 75.3 Å². The summed E-state index contributed by atoms with van der Waals surface area (Å²) >= 11 is 0. The smallest absolute Gasteiger partial charge is 0.257 e. The zero-order chi connectivity index (χ0) is 25.8. The Morgan fingerprint density at radius 3 is 2.30 bits per heavy atom. The molecular formula is C30H36N4O3. The van der Waals surface area contributed by atoms with E-state index in [1.807, 2.05) is 35.2 Å². The Morgan fingerprint density at radius 1 is 1.00 bits per heavy atom. The Kier molecular flexibility index (Phi) is 7.40. The number of aromatic nitrogens is 2. The second-order valence-electron chi connectivity index (χ2n) is 10.6. The highest BCUT2D eigenvalue weighted by Gasteiger charge is 2.44. The molecule has 37 heavy (non-hydrogen) atoms. The molecule has 0 unspecified atom stereocenters. The monoisotopic (exact) mass is 500 g/mol. The fourth-order valence-corrected chi connectivity index (χ4v) is 5.94. The number of benzene rings is 2.